The number of rotatable bonds is 58. The zero-order valence-electron chi connectivity index (χ0n) is 55.0. The van der Waals surface area contributed by atoms with Crippen LogP contribution in [0.2, 0.25) is 0 Å². The second-order valence-corrected chi connectivity index (χ2v) is 25.0. The highest BCUT2D eigenvalue weighted by Gasteiger charge is 2.51. The van der Waals surface area contributed by atoms with Gasteiger partial charge >= 0.3 is 0 Å². The van der Waals surface area contributed by atoms with Crippen molar-refractivity contribution >= 4 is 5.91 Å². The largest absolute Gasteiger partial charge is 0.394 e. The minimum absolute atomic E-state index is 0.256. The second kappa shape index (κ2) is 57.3. The van der Waals surface area contributed by atoms with Crippen LogP contribution < -0.4 is 5.32 Å². The van der Waals surface area contributed by atoms with Crippen LogP contribution in [-0.2, 0) is 23.7 Å². The molecular formula is C73H131NO13. The first-order valence-electron chi connectivity index (χ1n) is 35.7. The Kier molecular flexibility index (Phi) is 53.1. The Balaban J connectivity index is 1.67. The number of carbonyl (C=O) groups excluding carboxylic acids is 1. The maximum absolute atomic E-state index is 13.3. The molecule has 12 atom stereocenters. The van der Waals surface area contributed by atoms with Crippen molar-refractivity contribution in [2.45, 2.75) is 364 Å². The van der Waals surface area contributed by atoms with Crippen molar-refractivity contribution < 1.29 is 64.6 Å². The van der Waals surface area contributed by atoms with E-state index in [1.54, 1.807) is 6.08 Å². The van der Waals surface area contributed by atoms with E-state index in [1.807, 2.05) is 6.08 Å². The molecule has 0 bridgehead atoms. The molecule has 0 aromatic rings. The lowest BCUT2D eigenvalue weighted by atomic mass is 9.97. The smallest absolute Gasteiger partial charge is 0.220 e. The standard InChI is InChI=1S/C73H131NO13/c1-3-5-7-9-11-13-15-17-19-21-23-25-26-27-28-29-30-31-32-33-34-35-37-38-40-42-44-46-48-50-52-54-56-62(77)61(60-84-72-70(83)68(81)71(64(59-76)86-72)87-73-69(82)67(80)66(79)63(58-75)85-73)74-65(78)57-55-53-51-49-47-45-43-41-39-36-24-22-20-18-16-14-12-10-8-6-4-2/h6,8,12,14,18,20,24,36,41,43,54,56,61-64,66-73,75-77,79-83H,3-5,7,9-11,13,15-17,19,21-23,25-35,37-40,42,44-53,55,57-60H2,1-2H3,(H,74,78)/b8-6-,14-12-,20-18-,36-24-,43-41-,56-54+. The first-order chi connectivity index (χ1) is 42.6. The number of hydrogen-bond donors (Lipinski definition) is 9. The van der Waals surface area contributed by atoms with E-state index in [0.717, 1.165) is 83.5 Å². The fraction of sp³-hybridized carbons (Fsp3) is 0.822. The normalized spacial score (nSPS) is 23.7. The van der Waals surface area contributed by atoms with Gasteiger partial charge < -0.3 is 65.1 Å². The molecule has 2 aliphatic rings. The summed E-state index contributed by atoms with van der Waals surface area (Å²) in [6, 6.07) is -0.931. The van der Waals surface area contributed by atoms with Crippen molar-refractivity contribution in [1.29, 1.82) is 0 Å². The van der Waals surface area contributed by atoms with Gasteiger partial charge in [0.2, 0.25) is 5.91 Å². The number of nitrogens with one attached hydrogen (secondary N) is 1. The molecule has 2 saturated heterocycles. The maximum atomic E-state index is 13.3. The van der Waals surface area contributed by atoms with Gasteiger partial charge in [-0.25, -0.2) is 0 Å². The van der Waals surface area contributed by atoms with Gasteiger partial charge in [0.15, 0.2) is 12.6 Å². The maximum Gasteiger partial charge on any atom is 0.220 e. The van der Waals surface area contributed by atoms with Crippen LogP contribution in [0.3, 0.4) is 0 Å². The molecule has 14 heteroatoms. The highest BCUT2D eigenvalue weighted by molar-refractivity contribution is 5.76. The van der Waals surface area contributed by atoms with E-state index in [9.17, 15) is 45.6 Å². The highest BCUT2D eigenvalue weighted by Crippen LogP contribution is 2.30. The highest BCUT2D eigenvalue weighted by atomic mass is 16.7. The van der Waals surface area contributed by atoms with Gasteiger partial charge in [0, 0.05) is 6.42 Å². The number of amides is 1. The number of allylic oxidation sites excluding steroid dienone is 11. The van der Waals surface area contributed by atoms with Gasteiger partial charge in [-0.2, -0.15) is 0 Å². The SMILES string of the molecule is CC/C=C\C/C=C\C/C=C\C/C=C\C/C=C\CCCCCCCC(=O)NC(COC1OC(CO)C(OC2OC(CO)C(O)C(O)C2O)C(O)C1O)C(O)/C=C/CCCCCCCCCCCCCCCCCCCCCCCCCCCCCCCC. The topological polar surface area (TPSA) is 228 Å². The summed E-state index contributed by atoms with van der Waals surface area (Å²) >= 11 is 0. The zero-order valence-corrected chi connectivity index (χ0v) is 55.0. The average Bonchev–Trinajstić information content (AvgIpc) is 1.56. The number of ether oxygens (including phenoxy) is 4. The molecule has 0 aliphatic carbocycles. The van der Waals surface area contributed by atoms with E-state index < -0.39 is 86.8 Å². The fourth-order valence-electron chi connectivity index (χ4n) is 11.5. The molecule has 2 aliphatic heterocycles. The summed E-state index contributed by atoms with van der Waals surface area (Å²) in [5, 5.41) is 87.4. The predicted octanol–water partition coefficient (Wildman–Crippen LogP) is 14.6. The molecule has 2 fully saturated rings. The molecule has 0 saturated carbocycles. The number of carbonyl (C=O) groups is 1. The minimum atomic E-state index is -1.79. The summed E-state index contributed by atoms with van der Waals surface area (Å²) in [6.45, 7) is 2.70. The van der Waals surface area contributed by atoms with Gasteiger partial charge in [0.05, 0.1) is 32.0 Å². The number of aliphatic hydroxyl groups excluding tert-OH is 8. The van der Waals surface area contributed by atoms with E-state index in [1.165, 1.54) is 180 Å². The lowest BCUT2D eigenvalue weighted by Gasteiger charge is -2.46. The van der Waals surface area contributed by atoms with Crippen molar-refractivity contribution in [2.24, 2.45) is 0 Å². The summed E-state index contributed by atoms with van der Waals surface area (Å²) in [7, 11) is 0. The summed E-state index contributed by atoms with van der Waals surface area (Å²) in [4.78, 5) is 13.3. The molecule has 0 aromatic heterocycles. The molecule has 14 nitrogen and oxygen atoms in total. The van der Waals surface area contributed by atoms with Crippen LogP contribution in [0.25, 0.3) is 0 Å². The first kappa shape index (κ1) is 80.5. The molecule has 0 aromatic carbocycles. The minimum Gasteiger partial charge on any atom is -0.394 e. The Labute approximate surface area is 529 Å². The Hall–Kier alpha value is -2.57. The lowest BCUT2D eigenvalue weighted by Crippen LogP contribution is -2.65. The molecule has 87 heavy (non-hydrogen) atoms. The summed E-state index contributed by atoms with van der Waals surface area (Å²) in [5.74, 6) is -0.257. The molecule has 1 amide bonds. The molecule has 2 rings (SSSR count). The Morgan fingerprint density at radius 3 is 1.22 bits per heavy atom. The summed E-state index contributed by atoms with van der Waals surface area (Å²) in [6.07, 6.45) is 61.1. The third kappa shape index (κ3) is 41.5. The molecule has 0 radical (unpaired) electrons. The predicted molar refractivity (Wildman–Crippen MR) is 355 cm³/mol. The third-order valence-electron chi connectivity index (χ3n) is 17.1. The van der Waals surface area contributed by atoms with Crippen molar-refractivity contribution in [3.63, 3.8) is 0 Å². The molecule has 506 valence electrons. The van der Waals surface area contributed by atoms with E-state index >= 15 is 0 Å². The Bertz CT molecular complexity index is 1740. The van der Waals surface area contributed by atoms with Crippen molar-refractivity contribution in [3.05, 3.63) is 72.9 Å². The zero-order chi connectivity index (χ0) is 63.1. The quantitative estimate of drug-likeness (QED) is 0.0204. The fourth-order valence-corrected chi connectivity index (χ4v) is 11.5. The first-order valence-corrected chi connectivity index (χ1v) is 35.7. The average molecular weight is 1230 g/mol. The third-order valence-corrected chi connectivity index (χ3v) is 17.1. The van der Waals surface area contributed by atoms with Crippen LogP contribution in [-0.4, -0.2) is 140 Å². The van der Waals surface area contributed by atoms with E-state index in [-0.39, 0.29) is 18.9 Å². The van der Waals surface area contributed by atoms with E-state index in [0.29, 0.717) is 6.42 Å². The Morgan fingerprint density at radius 2 is 0.793 bits per heavy atom. The van der Waals surface area contributed by atoms with Crippen molar-refractivity contribution in [2.75, 3.05) is 19.8 Å². The van der Waals surface area contributed by atoms with Gasteiger partial charge in [0.1, 0.15) is 48.8 Å². The van der Waals surface area contributed by atoms with Gasteiger partial charge in [-0.15, -0.1) is 0 Å². The van der Waals surface area contributed by atoms with Gasteiger partial charge in [-0.3, -0.25) is 4.79 Å². The van der Waals surface area contributed by atoms with Crippen LogP contribution in [0.1, 0.15) is 290 Å². The molecule has 12 unspecified atom stereocenters. The van der Waals surface area contributed by atoms with Crippen LogP contribution in [0.5, 0.6) is 0 Å². The number of unbranched alkanes of at least 4 members (excludes halogenated alkanes) is 35. The summed E-state index contributed by atoms with van der Waals surface area (Å²) < 4.78 is 22.8. The van der Waals surface area contributed by atoms with E-state index in [2.05, 4.69) is 79.9 Å². The molecule has 2 heterocycles. The lowest BCUT2D eigenvalue weighted by molar-refractivity contribution is -0.359. The van der Waals surface area contributed by atoms with Crippen molar-refractivity contribution in [3.8, 4) is 0 Å². The molecule has 9 N–H and O–H groups in total. The van der Waals surface area contributed by atoms with E-state index in [4.69, 9.17) is 18.9 Å². The van der Waals surface area contributed by atoms with Gasteiger partial charge in [-0.1, -0.05) is 292 Å². The number of hydrogen-bond acceptors (Lipinski definition) is 13. The van der Waals surface area contributed by atoms with Gasteiger partial charge in [-0.05, 0) is 64.2 Å². The monoisotopic (exact) mass is 1230 g/mol. The number of aliphatic hydroxyl groups is 8. The molecule has 0 spiro atoms. The van der Waals surface area contributed by atoms with Gasteiger partial charge in [0.25, 0.3) is 0 Å². The van der Waals surface area contributed by atoms with Crippen molar-refractivity contribution in [1.82, 2.24) is 5.32 Å². The second-order valence-electron chi connectivity index (χ2n) is 25.0. The summed E-state index contributed by atoms with van der Waals surface area (Å²) in [5.41, 5.74) is 0. The van der Waals surface area contributed by atoms with Crippen LogP contribution >= 0.6 is 0 Å². The molecular weight excluding hydrogens is 1100 g/mol. The van der Waals surface area contributed by atoms with Crippen LogP contribution in [0.15, 0.2) is 72.9 Å². The van der Waals surface area contributed by atoms with Crippen LogP contribution in [0, 0.1) is 0 Å². The van der Waals surface area contributed by atoms with Crippen LogP contribution in [0.4, 0.5) is 0 Å². The Morgan fingerprint density at radius 1 is 0.425 bits per heavy atom.